The normalized spacial score (nSPS) is 26.2. The number of halogens is 1. The van der Waals surface area contributed by atoms with Gasteiger partial charge in [-0.15, -0.1) is 0 Å². The van der Waals surface area contributed by atoms with Crippen molar-refractivity contribution < 1.29 is 28.1 Å². The summed E-state index contributed by atoms with van der Waals surface area (Å²) >= 11 is 0. The first-order valence-corrected chi connectivity index (χ1v) is 16.3. The van der Waals surface area contributed by atoms with Gasteiger partial charge in [-0.3, -0.25) is 9.69 Å². The molecule has 0 spiro atoms. The topological polar surface area (TPSA) is 60.5 Å². The third-order valence-electron chi connectivity index (χ3n) is 9.80. The molecule has 0 radical (unpaired) electrons. The molecule has 8 heteroatoms. The van der Waals surface area contributed by atoms with Crippen molar-refractivity contribution in [3.05, 3.63) is 47.3 Å². The zero-order valence-electron chi connectivity index (χ0n) is 27.0. The Labute approximate surface area is 257 Å². The average Bonchev–Trinajstić information content (AvgIpc) is 3.73. The molecule has 0 aromatic heterocycles. The molecule has 0 N–H and O–H groups in total. The average molecular weight is 599 g/mol. The fraction of sp³-hybridized carbons (Fsp3) is 0.686. The van der Waals surface area contributed by atoms with Crippen molar-refractivity contribution in [1.29, 1.82) is 0 Å². The minimum atomic E-state index is -0.567. The van der Waals surface area contributed by atoms with Crippen molar-refractivity contribution in [2.24, 2.45) is 5.41 Å². The van der Waals surface area contributed by atoms with E-state index in [-0.39, 0.29) is 48.2 Å². The van der Waals surface area contributed by atoms with Crippen molar-refractivity contribution in [2.45, 2.75) is 116 Å². The van der Waals surface area contributed by atoms with E-state index in [4.69, 9.17) is 18.9 Å². The number of benzene rings is 1. The van der Waals surface area contributed by atoms with Crippen LogP contribution in [0.25, 0.3) is 0 Å². The van der Waals surface area contributed by atoms with E-state index >= 15 is 0 Å². The summed E-state index contributed by atoms with van der Waals surface area (Å²) in [6.45, 7) is 15.3. The van der Waals surface area contributed by atoms with Gasteiger partial charge in [0.05, 0.1) is 25.3 Å². The van der Waals surface area contributed by atoms with Gasteiger partial charge in [-0.2, -0.15) is 0 Å². The summed E-state index contributed by atoms with van der Waals surface area (Å²) in [6, 6.07) is 6.52. The van der Waals surface area contributed by atoms with Gasteiger partial charge in [0.2, 0.25) is 12.7 Å². The molecule has 2 fully saturated rings. The van der Waals surface area contributed by atoms with E-state index in [1.807, 2.05) is 19.1 Å². The van der Waals surface area contributed by atoms with Crippen molar-refractivity contribution in [2.75, 3.05) is 33.1 Å². The molecule has 1 aliphatic carbocycles. The van der Waals surface area contributed by atoms with Crippen LogP contribution in [0.5, 0.6) is 11.5 Å². The highest BCUT2D eigenvalue weighted by atomic mass is 19.1. The Morgan fingerprint density at radius 2 is 1.84 bits per heavy atom. The lowest BCUT2D eigenvalue weighted by Gasteiger charge is -2.47. The van der Waals surface area contributed by atoms with Crippen LogP contribution in [-0.2, 0) is 14.3 Å². The van der Waals surface area contributed by atoms with Crippen LogP contribution in [0.1, 0.15) is 98.0 Å². The summed E-state index contributed by atoms with van der Waals surface area (Å²) in [5.41, 5.74) is 1.13. The number of amides is 1. The van der Waals surface area contributed by atoms with Crippen LogP contribution < -0.4 is 9.47 Å². The Morgan fingerprint density at radius 3 is 2.51 bits per heavy atom. The quantitative estimate of drug-likeness (QED) is 0.255. The summed E-state index contributed by atoms with van der Waals surface area (Å²) in [4.78, 5) is 19.1. The second-order valence-corrected chi connectivity index (χ2v) is 13.9. The molecule has 0 saturated carbocycles. The van der Waals surface area contributed by atoms with Gasteiger partial charge in [0, 0.05) is 24.0 Å². The van der Waals surface area contributed by atoms with E-state index in [9.17, 15) is 9.18 Å². The largest absolute Gasteiger partial charge is 0.454 e. The van der Waals surface area contributed by atoms with Crippen LogP contribution in [0.2, 0.25) is 0 Å². The molecular formula is C35H51FN2O5. The van der Waals surface area contributed by atoms with Crippen LogP contribution in [0.15, 0.2) is 41.8 Å². The fourth-order valence-electron chi connectivity index (χ4n) is 7.78. The van der Waals surface area contributed by atoms with E-state index in [1.54, 1.807) is 6.08 Å². The maximum atomic E-state index is 14.6. The SMILES string of the molecule is CCCC(CCC)N(C(=O)CN1C[C@H](c2ccc3c(c2)OCO3)C[C@@H]1CC(C)(C)C1OCCO1)C1(C)C=CC(F)=C(C)C1. The Bertz CT molecular complexity index is 1200. The molecule has 5 rings (SSSR count). The lowest BCUT2D eigenvalue weighted by molar-refractivity contribution is -0.142. The van der Waals surface area contributed by atoms with Crippen molar-refractivity contribution in [3.63, 3.8) is 0 Å². The summed E-state index contributed by atoms with van der Waals surface area (Å²) in [6.07, 6.45) is 9.37. The number of carbonyl (C=O) groups excluding carboxylic acids is 1. The predicted octanol–water partition coefficient (Wildman–Crippen LogP) is 7.12. The van der Waals surface area contributed by atoms with E-state index < -0.39 is 5.54 Å². The number of allylic oxidation sites excluding steroid dienone is 2. The predicted molar refractivity (Wildman–Crippen MR) is 166 cm³/mol. The van der Waals surface area contributed by atoms with E-state index in [0.717, 1.165) is 56.6 Å². The minimum Gasteiger partial charge on any atom is -0.454 e. The molecule has 1 unspecified atom stereocenters. The number of rotatable bonds is 12. The third kappa shape index (κ3) is 6.97. The number of hydrogen-bond donors (Lipinski definition) is 0. The Balaban J connectivity index is 1.42. The highest BCUT2D eigenvalue weighted by molar-refractivity contribution is 5.80. The molecule has 3 atom stereocenters. The maximum Gasteiger partial charge on any atom is 0.237 e. The number of ether oxygens (including phenoxy) is 4. The lowest BCUT2D eigenvalue weighted by atomic mass is 9.82. The number of nitrogens with zero attached hydrogens (tertiary/aromatic N) is 2. The molecule has 43 heavy (non-hydrogen) atoms. The van der Waals surface area contributed by atoms with Gasteiger partial charge in [0.25, 0.3) is 0 Å². The molecule has 1 amide bonds. The van der Waals surface area contributed by atoms with Crippen LogP contribution in [0.4, 0.5) is 4.39 Å². The Hall–Kier alpha value is -2.42. The number of likely N-dealkylation sites (tertiary alicyclic amines) is 1. The molecule has 4 aliphatic rings. The molecule has 2 saturated heterocycles. The number of carbonyl (C=O) groups is 1. The van der Waals surface area contributed by atoms with E-state index in [2.05, 4.69) is 56.6 Å². The molecule has 3 aliphatic heterocycles. The molecule has 0 bridgehead atoms. The lowest BCUT2D eigenvalue weighted by Crippen LogP contribution is -2.57. The highest BCUT2D eigenvalue weighted by Gasteiger charge is 2.45. The Kier molecular flexibility index (Phi) is 9.89. The third-order valence-corrected chi connectivity index (χ3v) is 9.80. The van der Waals surface area contributed by atoms with Crippen molar-refractivity contribution in [3.8, 4) is 11.5 Å². The fourth-order valence-corrected chi connectivity index (χ4v) is 7.78. The Morgan fingerprint density at radius 1 is 1.14 bits per heavy atom. The van der Waals surface area contributed by atoms with Gasteiger partial charge >= 0.3 is 0 Å². The van der Waals surface area contributed by atoms with Gasteiger partial charge in [-0.05, 0) is 81.2 Å². The van der Waals surface area contributed by atoms with E-state index in [1.165, 1.54) is 5.56 Å². The van der Waals surface area contributed by atoms with Crippen LogP contribution in [0, 0.1) is 5.41 Å². The van der Waals surface area contributed by atoms with Gasteiger partial charge in [0.15, 0.2) is 17.8 Å². The standard InChI is InChI=1S/C35H51FN2O5/c1-7-9-27(10-8-2)38(35(6)14-13-29(36)24(3)19-35)32(39)22-37-21-26(25-11-12-30-31(18-25)43-23-42-30)17-28(37)20-34(4,5)33-40-15-16-41-33/h11-14,18,26-28,33H,7-10,15-17,19-23H2,1-6H3/t26-,28-,35?/m1/s1. The second-order valence-electron chi connectivity index (χ2n) is 13.9. The molecule has 238 valence electrons. The van der Waals surface area contributed by atoms with Gasteiger partial charge in [-0.1, -0.05) is 52.7 Å². The summed E-state index contributed by atoms with van der Waals surface area (Å²) in [7, 11) is 0. The summed E-state index contributed by atoms with van der Waals surface area (Å²) in [5, 5.41) is 0. The van der Waals surface area contributed by atoms with Crippen molar-refractivity contribution >= 4 is 5.91 Å². The maximum absolute atomic E-state index is 14.6. The van der Waals surface area contributed by atoms with Gasteiger partial charge < -0.3 is 23.8 Å². The van der Waals surface area contributed by atoms with E-state index in [0.29, 0.717) is 31.8 Å². The number of hydrogen-bond acceptors (Lipinski definition) is 6. The molecule has 3 heterocycles. The molecular weight excluding hydrogens is 547 g/mol. The first-order valence-electron chi connectivity index (χ1n) is 16.3. The van der Waals surface area contributed by atoms with Gasteiger partial charge in [0.1, 0.15) is 5.83 Å². The summed E-state index contributed by atoms with van der Waals surface area (Å²) < 4.78 is 37.6. The zero-order valence-corrected chi connectivity index (χ0v) is 27.0. The molecule has 1 aromatic rings. The van der Waals surface area contributed by atoms with Crippen molar-refractivity contribution in [1.82, 2.24) is 9.80 Å². The van der Waals surface area contributed by atoms with Gasteiger partial charge in [-0.25, -0.2) is 4.39 Å². The number of fused-ring (bicyclic) bond motifs is 1. The summed E-state index contributed by atoms with van der Waals surface area (Å²) in [5.74, 6) is 1.77. The van der Waals surface area contributed by atoms with Crippen LogP contribution >= 0.6 is 0 Å². The van der Waals surface area contributed by atoms with Crippen LogP contribution in [0.3, 0.4) is 0 Å². The highest BCUT2D eigenvalue weighted by Crippen LogP contribution is 2.43. The first kappa shape index (κ1) is 32.0. The zero-order chi connectivity index (χ0) is 30.8. The smallest absolute Gasteiger partial charge is 0.237 e. The molecule has 1 aromatic carbocycles. The van der Waals surface area contributed by atoms with Crippen LogP contribution in [-0.4, -0.2) is 72.7 Å². The first-order chi connectivity index (χ1) is 20.5. The monoisotopic (exact) mass is 598 g/mol. The molecule has 7 nitrogen and oxygen atoms in total. The second kappa shape index (κ2) is 13.3. The minimum absolute atomic E-state index is 0.105.